The number of allylic oxidation sites excluding steroid dienone is 1. The van der Waals surface area contributed by atoms with E-state index in [0.717, 1.165) is 11.1 Å². The van der Waals surface area contributed by atoms with Gasteiger partial charge >= 0.3 is 6.09 Å². The van der Waals surface area contributed by atoms with Crippen molar-refractivity contribution in [1.82, 2.24) is 15.1 Å². The van der Waals surface area contributed by atoms with Crippen LogP contribution in [0.1, 0.15) is 19.4 Å². The van der Waals surface area contributed by atoms with Crippen LogP contribution in [0.15, 0.2) is 36.4 Å². The van der Waals surface area contributed by atoms with Gasteiger partial charge in [0.05, 0.1) is 13.2 Å². The summed E-state index contributed by atoms with van der Waals surface area (Å²) in [6, 6.07) is 9.58. The fourth-order valence-corrected chi connectivity index (χ4v) is 2.66. The Bertz CT molecular complexity index is 665. The average Bonchev–Trinajstić information content (AvgIpc) is 2.67. The molecular weight excluding hydrogens is 334 g/mol. The molecule has 1 aliphatic heterocycles. The third kappa shape index (κ3) is 5.61. The summed E-state index contributed by atoms with van der Waals surface area (Å²) in [4.78, 5) is 39.1. The monoisotopic (exact) mass is 359 g/mol. The molecule has 26 heavy (non-hydrogen) atoms. The van der Waals surface area contributed by atoms with Crippen LogP contribution in [-0.2, 0) is 14.3 Å². The molecule has 0 spiro atoms. The number of amides is 3. The Morgan fingerprint density at radius 2 is 1.69 bits per heavy atom. The van der Waals surface area contributed by atoms with Gasteiger partial charge in [-0.05, 0) is 25.0 Å². The first-order valence-electron chi connectivity index (χ1n) is 8.72. The van der Waals surface area contributed by atoms with Gasteiger partial charge in [0.25, 0.3) is 0 Å². The van der Waals surface area contributed by atoms with Crippen LogP contribution in [0, 0.1) is 0 Å². The van der Waals surface area contributed by atoms with Crippen LogP contribution in [0.4, 0.5) is 4.79 Å². The lowest BCUT2D eigenvalue weighted by Gasteiger charge is -2.34. The molecule has 0 aliphatic carbocycles. The number of benzene rings is 1. The first-order valence-corrected chi connectivity index (χ1v) is 8.72. The van der Waals surface area contributed by atoms with Crippen LogP contribution in [0.3, 0.4) is 0 Å². The molecule has 0 bridgehead atoms. The molecule has 7 heteroatoms. The molecule has 1 N–H and O–H groups in total. The molecule has 1 aromatic carbocycles. The standard InChI is InChI=1S/C19H25N3O4/c1-3-26-19(25)22-11-9-21(10-12-22)18(24)14-20-17(23)13-15(2)16-7-5-4-6-8-16/h4-8,13H,3,9-12,14H2,1-2H3,(H,20,23)/b15-13+. The van der Waals surface area contributed by atoms with E-state index < -0.39 is 0 Å². The highest BCUT2D eigenvalue weighted by Gasteiger charge is 2.24. The van der Waals surface area contributed by atoms with Crippen molar-refractivity contribution < 1.29 is 19.1 Å². The minimum atomic E-state index is -0.352. The molecular formula is C19H25N3O4. The van der Waals surface area contributed by atoms with E-state index in [1.54, 1.807) is 16.7 Å². The number of hydrogen-bond acceptors (Lipinski definition) is 4. The van der Waals surface area contributed by atoms with Crippen molar-refractivity contribution in [3.8, 4) is 0 Å². The normalized spacial score (nSPS) is 14.8. The Morgan fingerprint density at radius 3 is 2.31 bits per heavy atom. The number of piperazine rings is 1. The van der Waals surface area contributed by atoms with Crippen LogP contribution in [0.5, 0.6) is 0 Å². The fraction of sp³-hybridized carbons (Fsp3) is 0.421. The highest BCUT2D eigenvalue weighted by Crippen LogP contribution is 2.12. The molecule has 0 atom stereocenters. The number of nitrogens with zero attached hydrogens (tertiary/aromatic N) is 2. The highest BCUT2D eigenvalue weighted by molar-refractivity contribution is 5.96. The van der Waals surface area contributed by atoms with Gasteiger partial charge in [-0.2, -0.15) is 0 Å². The van der Waals surface area contributed by atoms with Gasteiger partial charge in [-0.15, -0.1) is 0 Å². The Hall–Kier alpha value is -2.83. The first kappa shape index (κ1) is 19.5. The molecule has 1 aromatic rings. The van der Waals surface area contributed by atoms with Crippen molar-refractivity contribution >= 4 is 23.5 Å². The molecule has 140 valence electrons. The van der Waals surface area contributed by atoms with Gasteiger partial charge in [-0.1, -0.05) is 30.3 Å². The summed E-state index contributed by atoms with van der Waals surface area (Å²) >= 11 is 0. The molecule has 1 heterocycles. The maximum atomic E-state index is 12.2. The zero-order chi connectivity index (χ0) is 18.9. The Balaban J connectivity index is 1.77. The fourth-order valence-electron chi connectivity index (χ4n) is 2.66. The van der Waals surface area contributed by atoms with Gasteiger partial charge in [0.2, 0.25) is 11.8 Å². The second-order valence-corrected chi connectivity index (χ2v) is 5.98. The topological polar surface area (TPSA) is 79.0 Å². The average molecular weight is 359 g/mol. The number of carbonyl (C=O) groups is 3. The molecule has 0 saturated carbocycles. The predicted octanol–water partition coefficient (Wildman–Crippen LogP) is 1.51. The minimum absolute atomic E-state index is 0.0587. The van der Waals surface area contributed by atoms with Crippen LogP contribution < -0.4 is 5.32 Å². The zero-order valence-corrected chi connectivity index (χ0v) is 15.2. The third-order valence-electron chi connectivity index (χ3n) is 4.15. The second-order valence-electron chi connectivity index (χ2n) is 5.98. The minimum Gasteiger partial charge on any atom is -0.450 e. The van der Waals surface area contributed by atoms with Gasteiger partial charge < -0.3 is 19.9 Å². The van der Waals surface area contributed by atoms with Crippen LogP contribution in [0.25, 0.3) is 5.57 Å². The molecule has 1 saturated heterocycles. The molecule has 0 aromatic heterocycles. The van der Waals surface area contributed by atoms with Gasteiger partial charge in [-0.3, -0.25) is 9.59 Å². The van der Waals surface area contributed by atoms with E-state index in [1.165, 1.54) is 6.08 Å². The summed E-state index contributed by atoms with van der Waals surface area (Å²) in [5.41, 5.74) is 1.79. The van der Waals surface area contributed by atoms with Crippen molar-refractivity contribution in [3.05, 3.63) is 42.0 Å². The Morgan fingerprint density at radius 1 is 1.08 bits per heavy atom. The molecule has 1 fully saturated rings. The number of ether oxygens (including phenoxy) is 1. The van der Waals surface area contributed by atoms with Crippen molar-refractivity contribution in [2.45, 2.75) is 13.8 Å². The quantitative estimate of drug-likeness (QED) is 0.808. The van der Waals surface area contributed by atoms with Crippen LogP contribution >= 0.6 is 0 Å². The largest absolute Gasteiger partial charge is 0.450 e. The van der Waals surface area contributed by atoms with Crippen molar-refractivity contribution in [2.75, 3.05) is 39.3 Å². The van der Waals surface area contributed by atoms with Crippen molar-refractivity contribution in [3.63, 3.8) is 0 Å². The highest BCUT2D eigenvalue weighted by atomic mass is 16.6. The lowest BCUT2D eigenvalue weighted by atomic mass is 10.1. The smallest absolute Gasteiger partial charge is 0.409 e. The van der Waals surface area contributed by atoms with E-state index in [0.29, 0.717) is 32.8 Å². The van der Waals surface area contributed by atoms with E-state index >= 15 is 0 Å². The van der Waals surface area contributed by atoms with E-state index in [1.807, 2.05) is 37.3 Å². The maximum absolute atomic E-state index is 12.2. The lowest BCUT2D eigenvalue weighted by molar-refractivity contribution is -0.133. The van der Waals surface area contributed by atoms with Crippen molar-refractivity contribution in [2.24, 2.45) is 0 Å². The first-order chi connectivity index (χ1) is 12.5. The molecule has 0 unspecified atom stereocenters. The molecule has 2 rings (SSSR count). The zero-order valence-electron chi connectivity index (χ0n) is 15.2. The third-order valence-corrected chi connectivity index (χ3v) is 4.15. The molecule has 1 aliphatic rings. The summed E-state index contributed by atoms with van der Waals surface area (Å²) in [7, 11) is 0. The summed E-state index contributed by atoms with van der Waals surface area (Å²) < 4.78 is 4.95. The lowest BCUT2D eigenvalue weighted by Crippen LogP contribution is -2.52. The molecule has 3 amide bonds. The van der Waals surface area contributed by atoms with Gasteiger partial charge in [-0.25, -0.2) is 4.79 Å². The van der Waals surface area contributed by atoms with Gasteiger partial charge in [0.1, 0.15) is 0 Å². The molecule has 7 nitrogen and oxygen atoms in total. The number of carbonyl (C=O) groups excluding carboxylic acids is 3. The second kappa shape index (κ2) is 9.60. The van der Waals surface area contributed by atoms with E-state index in [9.17, 15) is 14.4 Å². The van der Waals surface area contributed by atoms with E-state index in [-0.39, 0.29) is 24.5 Å². The van der Waals surface area contributed by atoms with Gasteiger partial charge in [0.15, 0.2) is 0 Å². The van der Waals surface area contributed by atoms with Crippen LogP contribution in [-0.4, -0.2) is 67.0 Å². The number of hydrogen-bond donors (Lipinski definition) is 1. The van der Waals surface area contributed by atoms with E-state index in [2.05, 4.69) is 5.32 Å². The number of nitrogens with one attached hydrogen (secondary N) is 1. The SMILES string of the molecule is CCOC(=O)N1CCN(C(=O)CNC(=O)/C=C(\C)c2ccccc2)CC1. The maximum Gasteiger partial charge on any atom is 0.409 e. The summed E-state index contributed by atoms with van der Waals surface area (Å²) in [5.74, 6) is -0.461. The Kier molecular flexibility index (Phi) is 7.20. The summed E-state index contributed by atoms with van der Waals surface area (Å²) in [6.07, 6.45) is 1.14. The van der Waals surface area contributed by atoms with E-state index in [4.69, 9.17) is 4.74 Å². The summed E-state index contributed by atoms with van der Waals surface area (Å²) in [6.45, 7) is 5.63. The number of rotatable bonds is 5. The summed E-state index contributed by atoms with van der Waals surface area (Å²) in [5, 5.41) is 2.62. The van der Waals surface area contributed by atoms with Crippen molar-refractivity contribution in [1.29, 1.82) is 0 Å². The Labute approximate surface area is 153 Å². The predicted molar refractivity (Wildman–Crippen MR) is 98.3 cm³/mol. The molecule has 0 radical (unpaired) electrons. The van der Waals surface area contributed by atoms with Crippen LogP contribution in [0.2, 0.25) is 0 Å². The van der Waals surface area contributed by atoms with Gasteiger partial charge in [0, 0.05) is 32.3 Å².